The van der Waals surface area contributed by atoms with Gasteiger partial charge < -0.3 is 14.2 Å². The second kappa shape index (κ2) is 13.5. The lowest BCUT2D eigenvalue weighted by atomic mass is 9.96. The summed E-state index contributed by atoms with van der Waals surface area (Å²) in [5.74, 6) is 2.29. The Morgan fingerprint density at radius 1 is 1.21 bits per heavy atom. The van der Waals surface area contributed by atoms with Crippen LogP contribution in [-0.4, -0.2) is 73.9 Å². The van der Waals surface area contributed by atoms with Gasteiger partial charge in [-0.25, -0.2) is 0 Å². The fraction of sp³-hybridized carbons (Fsp3) is 0.625. The summed E-state index contributed by atoms with van der Waals surface area (Å²) in [5.41, 5.74) is 1.29. The molecule has 2 heterocycles. The Bertz CT molecular complexity index is 1030. The van der Waals surface area contributed by atoms with Gasteiger partial charge in [-0.05, 0) is 25.3 Å². The number of aromatic nitrogens is 1. The number of hydrogen-bond acceptors (Lipinski definition) is 5. The van der Waals surface area contributed by atoms with E-state index in [1.807, 2.05) is 11.8 Å². The van der Waals surface area contributed by atoms with Gasteiger partial charge in [-0.1, -0.05) is 37.5 Å². The average molecular weight is 511 g/mol. The second-order valence-electron chi connectivity index (χ2n) is 8.80. The van der Waals surface area contributed by atoms with E-state index >= 15 is 0 Å². The zero-order chi connectivity index (χ0) is 24.4. The Morgan fingerprint density at radius 2 is 1.97 bits per heavy atom. The van der Waals surface area contributed by atoms with E-state index in [0.717, 1.165) is 64.1 Å². The molecule has 10 heteroatoms. The Morgan fingerprint density at radius 3 is 2.65 bits per heavy atom. The van der Waals surface area contributed by atoms with Crippen LogP contribution in [0.4, 0.5) is 0 Å². The van der Waals surface area contributed by atoms with Crippen LogP contribution in [0.25, 0.3) is 10.9 Å². The lowest BCUT2D eigenvalue weighted by Crippen LogP contribution is -2.35. The highest BCUT2D eigenvalue weighted by Gasteiger charge is 2.17. The van der Waals surface area contributed by atoms with Crippen LogP contribution in [0.1, 0.15) is 44.9 Å². The van der Waals surface area contributed by atoms with Crippen molar-refractivity contribution in [2.75, 3.05) is 39.6 Å². The fourth-order valence-electron chi connectivity index (χ4n) is 4.46. The molecule has 1 aromatic carbocycles. The number of methoxy groups -OCH3 is 1. The summed E-state index contributed by atoms with van der Waals surface area (Å²) in [4.78, 5) is 8.37. The van der Waals surface area contributed by atoms with Crippen molar-refractivity contribution in [3.05, 3.63) is 30.5 Å². The van der Waals surface area contributed by atoms with Crippen LogP contribution >= 0.6 is 11.8 Å². The maximum Gasteiger partial charge on any atom is 0.333 e. The minimum Gasteiger partial charge on any atom is -0.383 e. The monoisotopic (exact) mass is 510 g/mol. The number of benzene rings is 1. The van der Waals surface area contributed by atoms with E-state index in [0.29, 0.717) is 0 Å². The van der Waals surface area contributed by atoms with Crippen LogP contribution in [0, 0.1) is 0 Å². The standard InChI is InChI=1S/C18H25N3OS.C6H13NO3S/c1-20-10-5-8-18(20)19-9-13-23-17-14-21(11-12-22-2)16-7-4-3-6-15(16)17;8-11(9,10)7-6-4-2-1-3-5-6/h3-4,6-7,14H,5,8-13H2,1-2H3;6-7H,1-5H2,(H,8,9,10). The number of ether oxygens (including phenoxy) is 1. The number of nitrogens with zero attached hydrogens (tertiary/aromatic N) is 3. The minimum absolute atomic E-state index is 0.0428. The molecule has 2 aromatic rings. The predicted octanol–water partition coefficient (Wildman–Crippen LogP) is 4.22. The largest absolute Gasteiger partial charge is 0.383 e. The van der Waals surface area contributed by atoms with Gasteiger partial charge >= 0.3 is 10.3 Å². The van der Waals surface area contributed by atoms with E-state index in [1.54, 1.807) is 7.11 Å². The number of likely N-dealkylation sites (tertiary alicyclic amines) is 1. The minimum atomic E-state index is -3.97. The summed E-state index contributed by atoms with van der Waals surface area (Å²) >= 11 is 1.90. The van der Waals surface area contributed by atoms with Gasteiger partial charge in [0.1, 0.15) is 0 Å². The van der Waals surface area contributed by atoms with Crippen LogP contribution in [0.3, 0.4) is 0 Å². The molecule has 190 valence electrons. The van der Waals surface area contributed by atoms with Crippen molar-refractivity contribution in [1.29, 1.82) is 0 Å². The SMILES string of the molecule is COCCn1cc(SCCN=C2CCCN2C)c2ccccc21.O=S(=O)(O)NC1CCCCC1. The Kier molecular flexibility index (Phi) is 10.7. The molecule has 8 nitrogen and oxygen atoms in total. The summed E-state index contributed by atoms with van der Waals surface area (Å²) < 4.78 is 38.8. The summed E-state index contributed by atoms with van der Waals surface area (Å²) in [5, 5.41) is 1.33. The third-order valence-electron chi connectivity index (χ3n) is 6.19. The van der Waals surface area contributed by atoms with Crippen LogP contribution in [0.15, 0.2) is 40.4 Å². The molecule has 0 unspecified atom stereocenters. The van der Waals surface area contributed by atoms with Crippen molar-refractivity contribution in [1.82, 2.24) is 14.2 Å². The number of para-hydroxylation sites is 1. The molecule has 0 bridgehead atoms. The average Bonchev–Trinajstić information content (AvgIpc) is 3.38. The first-order valence-electron chi connectivity index (χ1n) is 12.1. The number of hydrogen-bond donors (Lipinski definition) is 2. The molecule has 0 radical (unpaired) electrons. The molecule has 1 aliphatic heterocycles. The van der Waals surface area contributed by atoms with Gasteiger partial charge in [-0.2, -0.15) is 13.1 Å². The van der Waals surface area contributed by atoms with Gasteiger partial charge in [0, 0.05) is 67.5 Å². The summed E-state index contributed by atoms with van der Waals surface area (Å²) in [6.07, 6.45) is 9.60. The smallest absolute Gasteiger partial charge is 0.333 e. The molecule has 0 amide bonds. The van der Waals surface area contributed by atoms with Crippen LogP contribution in [-0.2, 0) is 21.6 Å². The highest BCUT2D eigenvalue weighted by molar-refractivity contribution is 7.99. The molecule has 0 spiro atoms. The maximum absolute atomic E-state index is 10.3. The number of nitrogens with one attached hydrogen (secondary N) is 1. The molecule has 1 saturated heterocycles. The molecule has 34 heavy (non-hydrogen) atoms. The first kappa shape index (κ1) is 27.0. The highest BCUT2D eigenvalue weighted by atomic mass is 32.2. The van der Waals surface area contributed by atoms with Gasteiger partial charge in [0.2, 0.25) is 0 Å². The molecule has 2 N–H and O–H groups in total. The van der Waals surface area contributed by atoms with Crippen molar-refractivity contribution in [2.24, 2.45) is 4.99 Å². The van der Waals surface area contributed by atoms with E-state index < -0.39 is 10.3 Å². The maximum atomic E-state index is 10.3. The zero-order valence-corrected chi connectivity index (χ0v) is 21.9. The van der Waals surface area contributed by atoms with Gasteiger partial charge in [-0.3, -0.25) is 9.55 Å². The quantitative estimate of drug-likeness (QED) is 0.298. The molecule has 1 aliphatic carbocycles. The molecule has 0 atom stereocenters. The first-order chi connectivity index (χ1) is 16.4. The third kappa shape index (κ3) is 8.57. The van der Waals surface area contributed by atoms with Gasteiger partial charge in [-0.15, -0.1) is 11.8 Å². The van der Waals surface area contributed by atoms with Crippen molar-refractivity contribution in [3.8, 4) is 0 Å². The van der Waals surface area contributed by atoms with Crippen LogP contribution in [0.5, 0.6) is 0 Å². The Balaban J connectivity index is 0.000000248. The Hall–Kier alpha value is -1.59. The molecule has 2 aliphatic rings. The van der Waals surface area contributed by atoms with Crippen molar-refractivity contribution in [3.63, 3.8) is 0 Å². The van der Waals surface area contributed by atoms with E-state index in [4.69, 9.17) is 14.3 Å². The molecule has 1 saturated carbocycles. The number of rotatable bonds is 9. The van der Waals surface area contributed by atoms with Crippen molar-refractivity contribution < 1.29 is 17.7 Å². The summed E-state index contributed by atoms with van der Waals surface area (Å²) in [6, 6.07) is 8.56. The zero-order valence-electron chi connectivity index (χ0n) is 20.3. The number of aliphatic imine (C=N–C) groups is 1. The molecule has 2 fully saturated rings. The first-order valence-corrected chi connectivity index (χ1v) is 14.5. The number of fused-ring (bicyclic) bond motifs is 1. The third-order valence-corrected chi connectivity index (χ3v) is 7.84. The van der Waals surface area contributed by atoms with Gasteiger partial charge in [0.25, 0.3) is 0 Å². The van der Waals surface area contributed by atoms with E-state index in [-0.39, 0.29) is 6.04 Å². The van der Waals surface area contributed by atoms with E-state index in [1.165, 1.54) is 34.5 Å². The lowest BCUT2D eigenvalue weighted by Gasteiger charge is -2.20. The van der Waals surface area contributed by atoms with Crippen molar-refractivity contribution in [2.45, 2.75) is 62.4 Å². The molecular weight excluding hydrogens is 472 g/mol. The lowest BCUT2D eigenvalue weighted by molar-refractivity contribution is 0.188. The molecule has 4 rings (SSSR count). The van der Waals surface area contributed by atoms with Gasteiger partial charge in [0.05, 0.1) is 19.0 Å². The second-order valence-corrected chi connectivity index (χ2v) is 11.1. The van der Waals surface area contributed by atoms with Crippen LogP contribution < -0.4 is 4.72 Å². The van der Waals surface area contributed by atoms with E-state index in [9.17, 15) is 8.42 Å². The summed E-state index contributed by atoms with van der Waals surface area (Å²) in [7, 11) is -0.0819. The fourth-order valence-corrected chi connectivity index (χ4v) is 6.05. The van der Waals surface area contributed by atoms with Crippen molar-refractivity contribution >= 4 is 38.8 Å². The Labute approximate surface area is 208 Å². The predicted molar refractivity (Wildman–Crippen MR) is 140 cm³/mol. The molecular formula is C24H38N4O4S2. The van der Waals surface area contributed by atoms with Crippen LogP contribution in [0.2, 0.25) is 0 Å². The highest BCUT2D eigenvalue weighted by Crippen LogP contribution is 2.30. The van der Waals surface area contributed by atoms with E-state index in [2.05, 4.69) is 51.7 Å². The molecule has 1 aromatic heterocycles. The summed E-state index contributed by atoms with van der Waals surface area (Å²) in [6.45, 7) is 3.67. The number of amidine groups is 1. The number of thioether (sulfide) groups is 1. The van der Waals surface area contributed by atoms with Gasteiger partial charge in [0.15, 0.2) is 0 Å². The normalized spacial score (nSPS) is 18.4. The topological polar surface area (TPSA) is 96.2 Å².